The summed E-state index contributed by atoms with van der Waals surface area (Å²) >= 11 is 0.964. The van der Waals surface area contributed by atoms with Gasteiger partial charge in [0.2, 0.25) is 0 Å². The molecule has 138 valence electrons. The first kappa shape index (κ1) is 19.7. The lowest BCUT2D eigenvalue weighted by molar-refractivity contribution is 0.0600. The van der Waals surface area contributed by atoms with Crippen LogP contribution in [0.25, 0.3) is 0 Å². The number of benzene rings is 1. The first-order valence-corrected chi connectivity index (χ1v) is 9.44. The predicted molar refractivity (Wildman–Crippen MR) is 97.7 cm³/mol. The molecule has 1 heterocycles. The van der Waals surface area contributed by atoms with E-state index in [1.54, 1.807) is 20.2 Å². The number of methoxy groups -OCH3 is 1. The second-order valence-electron chi connectivity index (χ2n) is 5.18. The van der Waals surface area contributed by atoms with Gasteiger partial charge in [-0.05, 0) is 30.0 Å². The SMILES string of the molecule is COC(=O)c1cc(N)c(Sc2ncccn2)c(S(=O)(=O)N=CN(C)C)c1. The van der Waals surface area contributed by atoms with Gasteiger partial charge in [0.1, 0.15) is 11.2 Å². The Morgan fingerprint density at radius 3 is 2.54 bits per heavy atom. The van der Waals surface area contributed by atoms with Crippen molar-refractivity contribution >= 4 is 39.8 Å². The van der Waals surface area contributed by atoms with Crippen molar-refractivity contribution in [1.82, 2.24) is 14.9 Å². The van der Waals surface area contributed by atoms with E-state index in [-0.39, 0.29) is 21.0 Å². The number of nitrogens with two attached hydrogens (primary N) is 1. The maximum Gasteiger partial charge on any atom is 0.337 e. The largest absolute Gasteiger partial charge is 0.465 e. The maximum absolute atomic E-state index is 12.7. The van der Waals surface area contributed by atoms with Gasteiger partial charge in [0.05, 0.1) is 17.6 Å². The summed E-state index contributed by atoms with van der Waals surface area (Å²) in [6.45, 7) is 0. The molecule has 26 heavy (non-hydrogen) atoms. The Kier molecular flexibility index (Phi) is 6.16. The summed E-state index contributed by atoms with van der Waals surface area (Å²) in [6.07, 6.45) is 4.18. The van der Waals surface area contributed by atoms with E-state index in [1.165, 1.54) is 36.5 Å². The summed E-state index contributed by atoms with van der Waals surface area (Å²) in [5.74, 6) is -0.711. The van der Waals surface area contributed by atoms with Crippen molar-refractivity contribution in [2.24, 2.45) is 4.40 Å². The maximum atomic E-state index is 12.7. The number of nitrogens with zero attached hydrogens (tertiary/aromatic N) is 4. The molecule has 0 atom stereocenters. The van der Waals surface area contributed by atoms with E-state index in [0.29, 0.717) is 5.16 Å². The highest BCUT2D eigenvalue weighted by Gasteiger charge is 2.24. The molecule has 0 unspecified atom stereocenters. The minimum absolute atomic E-state index is 0.00181. The fourth-order valence-corrected chi connectivity index (χ4v) is 4.04. The van der Waals surface area contributed by atoms with E-state index in [4.69, 9.17) is 5.73 Å². The van der Waals surface area contributed by atoms with Crippen LogP contribution >= 0.6 is 11.8 Å². The predicted octanol–water partition coefficient (Wildman–Crippen LogP) is 1.28. The Labute approximate surface area is 155 Å². The van der Waals surface area contributed by atoms with Gasteiger partial charge in [0.25, 0.3) is 10.0 Å². The smallest absolute Gasteiger partial charge is 0.337 e. The lowest BCUT2D eigenvalue weighted by Gasteiger charge is -2.12. The number of aromatic nitrogens is 2. The number of carbonyl (C=O) groups excluding carboxylic acids is 1. The quantitative estimate of drug-likeness (QED) is 0.253. The van der Waals surface area contributed by atoms with E-state index in [1.807, 2.05) is 0 Å². The number of rotatable bonds is 6. The second-order valence-corrected chi connectivity index (χ2v) is 7.76. The van der Waals surface area contributed by atoms with Gasteiger partial charge in [0.15, 0.2) is 5.16 Å². The average molecular weight is 395 g/mol. The van der Waals surface area contributed by atoms with Gasteiger partial charge < -0.3 is 15.4 Å². The summed E-state index contributed by atoms with van der Waals surface area (Å²) in [4.78, 5) is 21.4. The van der Waals surface area contributed by atoms with Gasteiger partial charge in [-0.3, -0.25) is 0 Å². The molecule has 0 fully saturated rings. The Morgan fingerprint density at radius 1 is 1.31 bits per heavy atom. The van der Waals surface area contributed by atoms with Crippen LogP contribution in [0.15, 0.2) is 49.9 Å². The fourth-order valence-electron chi connectivity index (χ4n) is 1.80. The van der Waals surface area contributed by atoms with Crippen LogP contribution in [0.4, 0.5) is 5.69 Å². The van der Waals surface area contributed by atoms with Crippen LogP contribution in [0.3, 0.4) is 0 Å². The molecule has 0 aliphatic rings. The highest BCUT2D eigenvalue weighted by atomic mass is 32.2. The van der Waals surface area contributed by atoms with Crippen LogP contribution in [0.5, 0.6) is 0 Å². The van der Waals surface area contributed by atoms with Crippen molar-refractivity contribution in [2.75, 3.05) is 26.9 Å². The Hall–Kier alpha value is -2.66. The van der Waals surface area contributed by atoms with E-state index < -0.39 is 16.0 Å². The summed E-state index contributed by atoms with van der Waals surface area (Å²) in [5, 5.41) is 0.304. The summed E-state index contributed by atoms with van der Waals surface area (Å²) < 4.78 is 33.6. The number of sulfonamides is 1. The second kappa shape index (κ2) is 8.15. The standard InChI is InChI=1S/C15H17N5O4S2/c1-20(2)9-19-26(22,23)12-8-10(14(21)24-3)7-11(16)13(12)25-15-17-5-4-6-18-15/h4-9H,16H2,1-3H3. The van der Waals surface area contributed by atoms with Gasteiger partial charge in [-0.25, -0.2) is 14.8 Å². The van der Waals surface area contributed by atoms with Crippen molar-refractivity contribution in [3.05, 3.63) is 36.2 Å². The van der Waals surface area contributed by atoms with Crippen molar-refractivity contribution in [2.45, 2.75) is 14.9 Å². The Morgan fingerprint density at radius 2 is 1.96 bits per heavy atom. The minimum atomic E-state index is -4.13. The highest BCUT2D eigenvalue weighted by Crippen LogP contribution is 2.37. The van der Waals surface area contributed by atoms with Crippen LogP contribution in [-0.4, -0.2) is 56.8 Å². The number of hydrogen-bond donors (Lipinski definition) is 1. The molecule has 0 spiro atoms. The molecule has 2 rings (SSSR count). The molecular weight excluding hydrogens is 378 g/mol. The summed E-state index contributed by atoms with van der Waals surface area (Å²) in [7, 11) is 0.324. The number of carbonyl (C=O) groups is 1. The zero-order valence-electron chi connectivity index (χ0n) is 14.3. The van der Waals surface area contributed by atoms with E-state index in [9.17, 15) is 13.2 Å². The molecule has 0 amide bonds. The van der Waals surface area contributed by atoms with Crippen molar-refractivity contribution in [3.63, 3.8) is 0 Å². The summed E-state index contributed by atoms with van der Waals surface area (Å²) in [5.41, 5.74) is 6.08. The normalized spacial score (nSPS) is 11.5. The topological polar surface area (TPSA) is 128 Å². The lowest BCUT2D eigenvalue weighted by atomic mass is 10.2. The number of anilines is 1. The number of nitrogen functional groups attached to an aromatic ring is 1. The fraction of sp³-hybridized carbons (Fsp3) is 0.200. The van der Waals surface area contributed by atoms with Gasteiger partial charge in [0, 0.05) is 32.2 Å². The molecule has 0 saturated heterocycles. The zero-order chi connectivity index (χ0) is 19.3. The van der Waals surface area contributed by atoms with E-state index >= 15 is 0 Å². The monoisotopic (exact) mass is 395 g/mol. The molecule has 0 aliphatic heterocycles. The average Bonchev–Trinajstić information content (AvgIpc) is 2.61. The van der Waals surface area contributed by atoms with Gasteiger partial charge in [-0.1, -0.05) is 0 Å². The van der Waals surface area contributed by atoms with Crippen molar-refractivity contribution < 1.29 is 17.9 Å². The van der Waals surface area contributed by atoms with Gasteiger partial charge in [-0.15, -0.1) is 4.40 Å². The number of esters is 1. The molecule has 0 bridgehead atoms. The zero-order valence-corrected chi connectivity index (χ0v) is 15.9. The molecule has 2 aromatic rings. The molecule has 0 aliphatic carbocycles. The van der Waals surface area contributed by atoms with Crippen molar-refractivity contribution in [3.8, 4) is 0 Å². The molecule has 1 aromatic carbocycles. The minimum Gasteiger partial charge on any atom is -0.465 e. The van der Waals surface area contributed by atoms with Crippen LogP contribution < -0.4 is 5.73 Å². The third-order valence-electron chi connectivity index (χ3n) is 2.93. The van der Waals surface area contributed by atoms with Crippen LogP contribution in [-0.2, 0) is 14.8 Å². The molecule has 0 saturated carbocycles. The number of hydrogen-bond acceptors (Lipinski definition) is 8. The van der Waals surface area contributed by atoms with E-state index in [0.717, 1.165) is 18.1 Å². The van der Waals surface area contributed by atoms with Crippen LogP contribution in [0.1, 0.15) is 10.4 Å². The van der Waals surface area contributed by atoms with E-state index in [2.05, 4.69) is 19.1 Å². The Balaban J connectivity index is 2.64. The first-order valence-electron chi connectivity index (χ1n) is 7.18. The third-order valence-corrected chi connectivity index (χ3v) is 5.37. The summed E-state index contributed by atoms with van der Waals surface area (Å²) in [6, 6.07) is 4.15. The molecule has 9 nitrogen and oxygen atoms in total. The highest BCUT2D eigenvalue weighted by molar-refractivity contribution is 8.00. The molecule has 0 radical (unpaired) electrons. The first-order chi connectivity index (χ1) is 12.2. The number of ether oxygens (including phenoxy) is 1. The lowest BCUT2D eigenvalue weighted by Crippen LogP contribution is -2.12. The Bertz CT molecular complexity index is 931. The molecular formula is C15H17N5O4S2. The van der Waals surface area contributed by atoms with Gasteiger partial charge in [-0.2, -0.15) is 8.42 Å². The molecule has 2 N–H and O–H groups in total. The molecule has 11 heteroatoms. The third kappa shape index (κ3) is 4.70. The molecule has 1 aromatic heterocycles. The van der Waals surface area contributed by atoms with Gasteiger partial charge >= 0.3 is 5.97 Å². The van der Waals surface area contributed by atoms with Crippen molar-refractivity contribution in [1.29, 1.82) is 0 Å². The van der Waals surface area contributed by atoms with Crippen LogP contribution in [0, 0.1) is 0 Å². The van der Waals surface area contributed by atoms with Crippen LogP contribution in [0.2, 0.25) is 0 Å².